The smallest absolute Gasteiger partial charge is 0.226 e. The third-order valence-electron chi connectivity index (χ3n) is 1.01. The quantitative estimate of drug-likeness (QED) is 0.488. The standard InChI is InChI=1S/C4H9Cl3N2O3S/c1-8-9-13(11,12)2-3(10)4(5,6)7/h3,8-10H,2H2,1H3. The second-order valence-corrected chi connectivity index (χ2v) is 6.33. The molecular weight excluding hydrogens is 262 g/mol. The minimum atomic E-state index is -3.68. The Hall–Kier alpha value is 0.700. The predicted octanol–water partition coefficient (Wildman–Crippen LogP) is -0.229. The number of alkyl halides is 3. The molecule has 0 saturated heterocycles. The van der Waals surface area contributed by atoms with Crippen LogP contribution in [0.2, 0.25) is 0 Å². The fourth-order valence-electron chi connectivity index (χ4n) is 0.499. The molecule has 80 valence electrons. The molecule has 5 nitrogen and oxygen atoms in total. The van der Waals surface area contributed by atoms with Gasteiger partial charge < -0.3 is 5.11 Å². The van der Waals surface area contributed by atoms with E-state index in [-0.39, 0.29) is 0 Å². The Morgan fingerprint density at radius 2 is 1.92 bits per heavy atom. The summed E-state index contributed by atoms with van der Waals surface area (Å²) in [6, 6.07) is 0. The number of halogens is 3. The number of aliphatic hydroxyl groups is 1. The average Bonchev–Trinajstić information content (AvgIpc) is 1.83. The van der Waals surface area contributed by atoms with E-state index in [0.29, 0.717) is 0 Å². The minimum absolute atomic E-state index is 0.690. The molecule has 0 aliphatic heterocycles. The summed E-state index contributed by atoms with van der Waals surface area (Å²) in [6.45, 7) is 0. The van der Waals surface area contributed by atoms with Crippen molar-refractivity contribution in [3.05, 3.63) is 0 Å². The lowest BCUT2D eigenvalue weighted by atomic mass is 10.5. The van der Waals surface area contributed by atoms with Crippen molar-refractivity contribution in [3.63, 3.8) is 0 Å². The maximum absolute atomic E-state index is 11.0. The molecule has 0 radical (unpaired) electrons. The SMILES string of the molecule is CNNS(=O)(=O)CC(O)C(Cl)(Cl)Cl. The van der Waals surface area contributed by atoms with Crippen LogP contribution in [0, 0.1) is 0 Å². The topological polar surface area (TPSA) is 78.4 Å². The van der Waals surface area contributed by atoms with E-state index >= 15 is 0 Å². The van der Waals surface area contributed by atoms with E-state index in [4.69, 9.17) is 39.9 Å². The minimum Gasteiger partial charge on any atom is -0.388 e. The third kappa shape index (κ3) is 5.90. The van der Waals surface area contributed by atoms with Gasteiger partial charge in [0.15, 0.2) is 0 Å². The molecule has 0 aromatic carbocycles. The van der Waals surface area contributed by atoms with Gasteiger partial charge in [-0.15, -0.1) is 0 Å². The van der Waals surface area contributed by atoms with Crippen LogP contribution < -0.4 is 10.3 Å². The Balaban J connectivity index is 4.29. The summed E-state index contributed by atoms with van der Waals surface area (Å²) in [7, 11) is -2.32. The molecule has 13 heavy (non-hydrogen) atoms. The van der Waals surface area contributed by atoms with Gasteiger partial charge in [0.1, 0.15) is 6.10 Å². The summed E-state index contributed by atoms with van der Waals surface area (Å²) in [5.41, 5.74) is 2.19. The van der Waals surface area contributed by atoms with Crippen LogP contribution in [-0.2, 0) is 10.0 Å². The first-order chi connectivity index (χ1) is 5.69. The molecule has 0 amide bonds. The molecule has 0 saturated carbocycles. The number of hydrazine groups is 1. The van der Waals surface area contributed by atoms with E-state index in [0.717, 1.165) is 0 Å². The van der Waals surface area contributed by atoms with Crippen molar-refractivity contribution in [2.45, 2.75) is 9.90 Å². The van der Waals surface area contributed by atoms with E-state index in [1.807, 2.05) is 4.83 Å². The Kier molecular flexibility index (Phi) is 5.24. The molecule has 3 N–H and O–H groups in total. The monoisotopic (exact) mass is 270 g/mol. The molecule has 0 spiro atoms. The van der Waals surface area contributed by atoms with Crippen LogP contribution in [0.5, 0.6) is 0 Å². The molecule has 0 heterocycles. The highest BCUT2D eigenvalue weighted by Crippen LogP contribution is 2.30. The van der Waals surface area contributed by atoms with Crippen molar-refractivity contribution in [2.75, 3.05) is 12.8 Å². The van der Waals surface area contributed by atoms with Crippen molar-refractivity contribution in [2.24, 2.45) is 0 Å². The van der Waals surface area contributed by atoms with Crippen molar-refractivity contribution < 1.29 is 13.5 Å². The summed E-state index contributed by atoms with van der Waals surface area (Å²) < 4.78 is 19.9. The van der Waals surface area contributed by atoms with Crippen LogP contribution in [0.3, 0.4) is 0 Å². The lowest BCUT2D eigenvalue weighted by molar-refractivity contribution is 0.201. The van der Waals surface area contributed by atoms with Gasteiger partial charge in [-0.3, -0.25) is 0 Å². The molecule has 0 rings (SSSR count). The van der Waals surface area contributed by atoms with E-state index in [1.54, 1.807) is 0 Å². The number of nitrogens with one attached hydrogen (secondary N) is 2. The first kappa shape index (κ1) is 13.7. The van der Waals surface area contributed by atoms with Gasteiger partial charge in [-0.1, -0.05) is 34.8 Å². The predicted molar refractivity (Wildman–Crippen MR) is 52.3 cm³/mol. The Morgan fingerprint density at radius 3 is 2.23 bits per heavy atom. The zero-order valence-corrected chi connectivity index (χ0v) is 9.67. The van der Waals surface area contributed by atoms with Crippen LogP contribution in [0.25, 0.3) is 0 Å². The lowest BCUT2D eigenvalue weighted by Crippen LogP contribution is -2.42. The van der Waals surface area contributed by atoms with E-state index in [1.165, 1.54) is 7.05 Å². The number of hydrogen-bond acceptors (Lipinski definition) is 4. The maximum atomic E-state index is 11.0. The van der Waals surface area contributed by atoms with Crippen molar-refractivity contribution in [3.8, 4) is 0 Å². The molecule has 9 heteroatoms. The zero-order chi connectivity index (χ0) is 10.7. The number of rotatable bonds is 4. The van der Waals surface area contributed by atoms with Gasteiger partial charge in [0.05, 0.1) is 5.75 Å². The highest BCUT2D eigenvalue weighted by Gasteiger charge is 2.34. The summed E-state index contributed by atoms with van der Waals surface area (Å²) in [5.74, 6) is -0.690. The van der Waals surface area contributed by atoms with Gasteiger partial charge in [-0.2, -0.15) is 4.83 Å². The van der Waals surface area contributed by atoms with Crippen molar-refractivity contribution >= 4 is 44.8 Å². The summed E-state index contributed by atoms with van der Waals surface area (Å²) in [4.78, 5) is 1.91. The highest BCUT2D eigenvalue weighted by atomic mass is 35.6. The second kappa shape index (κ2) is 4.97. The van der Waals surface area contributed by atoms with Gasteiger partial charge in [-0.25, -0.2) is 13.8 Å². The number of aliphatic hydroxyl groups excluding tert-OH is 1. The average molecular weight is 272 g/mol. The fourth-order valence-corrected chi connectivity index (χ4v) is 2.07. The van der Waals surface area contributed by atoms with Crippen molar-refractivity contribution in [1.82, 2.24) is 10.3 Å². The van der Waals surface area contributed by atoms with E-state index < -0.39 is 25.7 Å². The molecule has 1 unspecified atom stereocenters. The van der Waals surface area contributed by atoms with Crippen molar-refractivity contribution in [1.29, 1.82) is 0 Å². The molecular formula is C4H9Cl3N2O3S. The fraction of sp³-hybridized carbons (Fsp3) is 1.00. The zero-order valence-electron chi connectivity index (χ0n) is 6.59. The first-order valence-corrected chi connectivity index (χ1v) is 5.88. The van der Waals surface area contributed by atoms with E-state index in [9.17, 15) is 8.42 Å². The Bertz CT molecular complexity index is 250. The number of hydrogen-bond donors (Lipinski definition) is 3. The second-order valence-electron chi connectivity index (χ2n) is 2.19. The maximum Gasteiger partial charge on any atom is 0.226 e. The molecule has 0 aliphatic rings. The summed E-state index contributed by atoms with van der Waals surface area (Å²) in [6.07, 6.45) is -1.58. The van der Waals surface area contributed by atoms with Crippen LogP contribution in [-0.4, -0.2) is 36.2 Å². The number of sulfonamides is 1. The largest absolute Gasteiger partial charge is 0.388 e. The highest BCUT2D eigenvalue weighted by molar-refractivity contribution is 7.89. The summed E-state index contributed by atoms with van der Waals surface area (Å²) in [5, 5.41) is 9.11. The van der Waals surface area contributed by atoms with Gasteiger partial charge in [0.2, 0.25) is 13.8 Å². The van der Waals surface area contributed by atoms with Gasteiger partial charge in [0.25, 0.3) is 0 Å². The Labute approximate surface area is 91.4 Å². The van der Waals surface area contributed by atoms with Crippen LogP contribution in [0.15, 0.2) is 0 Å². The molecule has 0 aromatic heterocycles. The van der Waals surface area contributed by atoms with Crippen LogP contribution >= 0.6 is 34.8 Å². The lowest BCUT2D eigenvalue weighted by Gasteiger charge is -2.18. The molecule has 0 fully saturated rings. The van der Waals surface area contributed by atoms with Crippen LogP contribution in [0.1, 0.15) is 0 Å². The molecule has 1 atom stereocenters. The molecule has 0 aromatic rings. The van der Waals surface area contributed by atoms with Gasteiger partial charge in [-0.05, 0) is 7.05 Å². The van der Waals surface area contributed by atoms with Gasteiger partial charge >= 0.3 is 0 Å². The normalized spacial score (nSPS) is 15.8. The molecule has 0 aliphatic carbocycles. The first-order valence-electron chi connectivity index (χ1n) is 3.10. The Morgan fingerprint density at radius 1 is 1.46 bits per heavy atom. The van der Waals surface area contributed by atoms with Crippen LogP contribution in [0.4, 0.5) is 0 Å². The summed E-state index contributed by atoms with van der Waals surface area (Å²) >= 11 is 15.8. The van der Waals surface area contributed by atoms with Gasteiger partial charge in [0, 0.05) is 0 Å². The van der Waals surface area contributed by atoms with E-state index in [2.05, 4.69) is 5.43 Å². The molecule has 0 bridgehead atoms. The third-order valence-corrected chi connectivity index (χ3v) is 3.04.